The summed E-state index contributed by atoms with van der Waals surface area (Å²) in [4.78, 5) is 13.0. The highest BCUT2D eigenvalue weighted by Gasteiger charge is 2.26. The summed E-state index contributed by atoms with van der Waals surface area (Å²) in [6.45, 7) is -0.120. The number of para-hydroxylation sites is 1. The van der Waals surface area contributed by atoms with Crippen molar-refractivity contribution in [3.8, 4) is 11.5 Å². The summed E-state index contributed by atoms with van der Waals surface area (Å²) in [6.07, 6.45) is 0.492. The number of benzene rings is 4. The van der Waals surface area contributed by atoms with Gasteiger partial charge in [0.15, 0.2) is 0 Å². The second-order valence-corrected chi connectivity index (χ2v) is 9.81. The van der Waals surface area contributed by atoms with Crippen LogP contribution in [0.3, 0.4) is 0 Å². The van der Waals surface area contributed by atoms with Crippen molar-refractivity contribution in [3.63, 3.8) is 0 Å². The fourth-order valence-electron chi connectivity index (χ4n) is 3.52. The van der Waals surface area contributed by atoms with Crippen molar-refractivity contribution >= 4 is 21.6 Å². The van der Waals surface area contributed by atoms with Gasteiger partial charge in [-0.25, -0.2) is 8.42 Å². The molecule has 1 amide bonds. The lowest BCUT2D eigenvalue weighted by Gasteiger charge is -2.22. The number of rotatable bonds is 10. The van der Waals surface area contributed by atoms with Gasteiger partial charge in [0, 0.05) is 12.2 Å². The topological polar surface area (TPSA) is 75.7 Å². The highest BCUT2D eigenvalue weighted by molar-refractivity contribution is 7.89. The quantitative estimate of drug-likeness (QED) is 0.328. The molecule has 7 heteroatoms. The molecule has 0 saturated heterocycles. The first kappa shape index (κ1) is 24.2. The normalized spacial score (nSPS) is 11.2. The van der Waals surface area contributed by atoms with E-state index in [0.717, 1.165) is 5.56 Å². The van der Waals surface area contributed by atoms with E-state index >= 15 is 0 Å². The second kappa shape index (κ2) is 11.5. The molecule has 0 atom stereocenters. The van der Waals surface area contributed by atoms with Crippen molar-refractivity contribution in [2.24, 2.45) is 0 Å². The molecule has 4 aromatic rings. The highest BCUT2D eigenvalue weighted by atomic mass is 32.2. The number of amides is 1. The van der Waals surface area contributed by atoms with Gasteiger partial charge in [-0.2, -0.15) is 4.31 Å². The molecule has 0 aliphatic heterocycles. The summed E-state index contributed by atoms with van der Waals surface area (Å²) in [7, 11) is -3.85. The summed E-state index contributed by atoms with van der Waals surface area (Å²) in [6, 6.07) is 34.1. The second-order valence-electron chi connectivity index (χ2n) is 7.87. The van der Waals surface area contributed by atoms with Crippen LogP contribution in [-0.2, 0) is 21.2 Å². The third-order valence-electron chi connectivity index (χ3n) is 5.31. The Bertz CT molecular complexity index is 1330. The molecule has 35 heavy (non-hydrogen) atoms. The molecule has 0 saturated carbocycles. The molecule has 0 spiro atoms. The van der Waals surface area contributed by atoms with Crippen molar-refractivity contribution in [1.82, 2.24) is 4.31 Å². The Kier molecular flexibility index (Phi) is 7.92. The van der Waals surface area contributed by atoms with Gasteiger partial charge < -0.3 is 10.1 Å². The Labute approximate surface area is 205 Å². The molecule has 4 rings (SSSR count). The summed E-state index contributed by atoms with van der Waals surface area (Å²) >= 11 is 0. The van der Waals surface area contributed by atoms with Crippen molar-refractivity contribution in [2.45, 2.75) is 11.3 Å². The van der Waals surface area contributed by atoms with E-state index in [2.05, 4.69) is 5.32 Å². The zero-order chi connectivity index (χ0) is 24.5. The average molecular weight is 487 g/mol. The van der Waals surface area contributed by atoms with Gasteiger partial charge in [-0.1, -0.05) is 66.7 Å². The first-order chi connectivity index (χ1) is 17.0. The minimum Gasteiger partial charge on any atom is -0.457 e. The molecular formula is C28H26N2O4S. The number of hydrogen-bond donors (Lipinski definition) is 1. The number of anilines is 1. The number of ether oxygens (including phenoxy) is 1. The first-order valence-corrected chi connectivity index (χ1v) is 12.7. The number of carbonyl (C=O) groups is 1. The molecule has 0 aliphatic carbocycles. The molecule has 1 N–H and O–H groups in total. The number of nitrogens with zero attached hydrogens (tertiary/aromatic N) is 1. The van der Waals surface area contributed by atoms with Crippen LogP contribution < -0.4 is 10.1 Å². The Hall–Kier alpha value is -3.94. The van der Waals surface area contributed by atoms with Crippen LogP contribution in [0.2, 0.25) is 0 Å². The summed E-state index contributed by atoms with van der Waals surface area (Å²) in [5.41, 5.74) is 1.55. The predicted molar refractivity (Wildman–Crippen MR) is 137 cm³/mol. The molecule has 0 bridgehead atoms. The summed E-state index contributed by atoms with van der Waals surface area (Å²) in [5, 5.41) is 2.78. The maximum absolute atomic E-state index is 13.3. The van der Waals surface area contributed by atoms with Gasteiger partial charge in [0.05, 0.1) is 11.4 Å². The lowest BCUT2D eigenvalue weighted by atomic mass is 10.1. The van der Waals surface area contributed by atoms with Gasteiger partial charge in [-0.15, -0.1) is 0 Å². The van der Waals surface area contributed by atoms with E-state index < -0.39 is 15.9 Å². The molecule has 6 nitrogen and oxygen atoms in total. The van der Waals surface area contributed by atoms with Crippen LogP contribution in [0.15, 0.2) is 120 Å². The number of hydrogen-bond acceptors (Lipinski definition) is 4. The third kappa shape index (κ3) is 6.79. The Morgan fingerprint density at radius 2 is 1.26 bits per heavy atom. The van der Waals surface area contributed by atoms with Crippen LogP contribution in [0.25, 0.3) is 0 Å². The van der Waals surface area contributed by atoms with Gasteiger partial charge in [-0.3, -0.25) is 4.79 Å². The SMILES string of the molecule is O=C(CN(CCc1ccccc1)S(=O)(=O)c1ccccc1)Nc1ccc(Oc2ccccc2)cc1. The number of carbonyl (C=O) groups excluding carboxylic acids is 1. The molecular weight excluding hydrogens is 460 g/mol. The molecule has 178 valence electrons. The Morgan fingerprint density at radius 1 is 0.714 bits per heavy atom. The van der Waals surface area contributed by atoms with E-state index in [-0.39, 0.29) is 18.0 Å². The van der Waals surface area contributed by atoms with Crippen molar-refractivity contribution in [3.05, 3.63) is 121 Å². The minimum atomic E-state index is -3.85. The van der Waals surface area contributed by atoms with E-state index in [1.807, 2.05) is 60.7 Å². The summed E-state index contributed by atoms with van der Waals surface area (Å²) < 4.78 is 33.6. The van der Waals surface area contributed by atoms with Crippen LogP contribution in [0.1, 0.15) is 5.56 Å². The standard InChI is InChI=1S/C28H26N2O4S/c31-28(29-24-16-18-26(19-17-24)34-25-12-6-2-7-13-25)22-30(21-20-23-10-4-1-5-11-23)35(32,33)27-14-8-3-9-15-27/h1-19H,20-22H2,(H,29,31). The zero-order valence-electron chi connectivity index (χ0n) is 19.1. The van der Waals surface area contributed by atoms with Crippen LogP contribution >= 0.6 is 0 Å². The van der Waals surface area contributed by atoms with E-state index in [4.69, 9.17) is 4.74 Å². The average Bonchev–Trinajstić information content (AvgIpc) is 2.89. The largest absolute Gasteiger partial charge is 0.457 e. The number of sulfonamides is 1. The monoisotopic (exact) mass is 486 g/mol. The van der Waals surface area contributed by atoms with Gasteiger partial charge in [0.25, 0.3) is 0 Å². The molecule has 4 aromatic carbocycles. The van der Waals surface area contributed by atoms with Gasteiger partial charge in [0.1, 0.15) is 11.5 Å². The third-order valence-corrected chi connectivity index (χ3v) is 7.17. The molecule has 0 fully saturated rings. The molecule has 0 aliphatic rings. The lowest BCUT2D eigenvalue weighted by molar-refractivity contribution is -0.116. The summed E-state index contributed by atoms with van der Waals surface area (Å²) in [5.74, 6) is 0.920. The lowest BCUT2D eigenvalue weighted by Crippen LogP contribution is -2.39. The molecule has 0 heterocycles. The zero-order valence-corrected chi connectivity index (χ0v) is 19.9. The smallest absolute Gasteiger partial charge is 0.243 e. The molecule has 0 radical (unpaired) electrons. The predicted octanol–water partition coefficient (Wildman–Crippen LogP) is 5.35. The van der Waals surface area contributed by atoms with Crippen molar-refractivity contribution in [2.75, 3.05) is 18.4 Å². The maximum Gasteiger partial charge on any atom is 0.243 e. The Morgan fingerprint density at radius 3 is 1.89 bits per heavy atom. The fraction of sp³-hybridized carbons (Fsp3) is 0.107. The van der Waals surface area contributed by atoms with Crippen molar-refractivity contribution < 1.29 is 17.9 Å². The first-order valence-electron chi connectivity index (χ1n) is 11.2. The number of nitrogens with one attached hydrogen (secondary N) is 1. The minimum absolute atomic E-state index is 0.156. The van der Waals surface area contributed by atoms with Crippen LogP contribution in [0.4, 0.5) is 5.69 Å². The van der Waals surface area contributed by atoms with Crippen LogP contribution in [0.5, 0.6) is 11.5 Å². The molecule has 0 unspecified atom stereocenters. The van der Waals surface area contributed by atoms with Gasteiger partial charge >= 0.3 is 0 Å². The van der Waals surface area contributed by atoms with Crippen LogP contribution in [0, 0.1) is 0 Å². The fourth-order valence-corrected chi connectivity index (χ4v) is 4.93. The van der Waals surface area contributed by atoms with Crippen molar-refractivity contribution in [1.29, 1.82) is 0 Å². The van der Waals surface area contributed by atoms with E-state index in [0.29, 0.717) is 23.6 Å². The van der Waals surface area contributed by atoms with Crippen LogP contribution in [-0.4, -0.2) is 31.7 Å². The molecule has 0 aromatic heterocycles. The van der Waals surface area contributed by atoms with E-state index in [1.54, 1.807) is 42.5 Å². The van der Waals surface area contributed by atoms with E-state index in [9.17, 15) is 13.2 Å². The highest BCUT2D eigenvalue weighted by Crippen LogP contribution is 2.23. The van der Waals surface area contributed by atoms with Gasteiger partial charge in [0.2, 0.25) is 15.9 Å². The maximum atomic E-state index is 13.3. The van der Waals surface area contributed by atoms with Gasteiger partial charge in [-0.05, 0) is 60.5 Å². The Balaban J connectivity index is 1.44. The van der Waals surface area contributed by atoms with E-state index in [1.165, 1.54) is 16.4 Å².